The largest absolute Gasteiger partial charge is 0.473 e. The van der Waals surface area contributed by atoms with Gasteiger partial charge in [0.05, 0.1) is 0 Å². The lowest BCUT2D eigenvalue weighted by Gasteiger charge is -2.21. The Balaban J connectivity index is 4.04. The summed E-state index contributed by atoms with van der Waals surface area (Å²) in [6, 6.07) is 0. The van der Waals surface area contributed by atoms with E-state index in [1.54, 1.807) is 13.8 Å². The second-order valence-electron chi connectivity index (χ2n) is 2.81. The van der Waals surface area contributed by atoms with E-state index in [2.05, 4.69) is 4.74 Å². The van der Waals surface area contributed by atoms with Crippen molar-refractivity contribution in [2.24, 2.45) is 0 Å². The molecule has 0 unspecified atom stereocenters. The smallest absolute Gasteiger partial charge is 0.417 e. The number of hydrogen-bond donors (Lipinski definition) is 1. The third kappa shape index (κ3) is 3.60. The molecule has 64 valence electrons. The third-order valence-electron chi connectivity index (χ3n) is 1.40. The van der Waals surface area contributed by atoms with Gasteiger partial charge in [-0.25, -0.2) is 9.59 Å². The number of esters is 1. The Labute approximate surface area is 65.2 Å². The minimum Gasteiger partial charge on any atom is -0.473 e. The lowest BCUT2D eigenvalue weighted by Crippen LogP contribution is -2.30. The Kier molecular flexibility index (Phi) is 3.04. The number of rotatable bonds is 2. The summed E-state index contributed by atoms with van der Waals surface area (Å²) in [5.41, 5.74) is -0.685. The van der Waals surface area contributed by atoms with E-state index in [9.17, 15) is 9.59 Å². The molecule has 0 saturated heterocycles. The summed E-state index contributed by atoms with van der Waals surface area (Å²) in [4.78, 5) is 20.5. The molecule has 0 aromatic carbocycles. The van der Waals surface area contributed by atoms with Gasteiger partial charge >= 0.3 is 11.9 Å². The Bertz CT molecular complexity index is 171. The van der Waals surface area contributed by atoms with Gasteiger partial charge in [-0.1, -0.05) is 6.92 Å². The van der Waals surface area contributed by atoms with Crippen LogP contribution in [0.3, 0.4) is 0 Å². The fraction of sp³-hybridized carbons (Fsp3) is 0.714. The highest BCUT2D eigenvalue weighted by Gasteiger charge is 2.24. The highest BCUT2D eigenvalue weighted by Crippen LogP contribution is 2.13. The molecule has 0 spiro atoms. The van der Waals surface area contributed by atoms with Crippen molar-refractivity contribution >= 4 is 11.9 Å². The van der Waals surface area contributed by atoms with Crippen LogP contribution in [0.5, 0.6) is 0 Å². The van der Waals surface area contributed by atoms with E-state index in [4.69, 9.17) is 5.11 Å². The minimum atomic E-state index is -1.55. The lowest BCUT2D eigenvalue weighted by atomic mass is 10.1. The molecule has 0 bridgehead atoms. The first-order chi connectivity index (χ1) is 4.89. The summed E-state index contributed by atoms with van der Waals surface area (Å²) in [6.07, 6.45) is 0.589. The average Bonchev–Trinajstić information content (AvgIpc) is 1.87. The number of carbonyl (C=O) groups is 2. The number of carboxylic acids is 1. The van der Waals surface area contributed by atoms with Crippen molar-refractivity contribution in [3.63, 3.8) is 0 Å². The van der Waals surface area contributed by atoms with E-state index in [1.807, 2.05) is 6.92 Å². The topological polar surface area (TPSA) is 63.6 Å². The van der Waals surface area contributed by atoms with Crippen molar-refractivity contribution in [3.05, 3.63) is 0 Å². The molecule has 0 aliphatic heterocycles. The van der Waals surface area contributed by atoms with Gasteiger partial charge < -0.3 is 9.84 Å². The molecule has 0 aliphatic carbocycles. The molecule has 0 saturated carbocycles. The van der Waals surface area contributed by atoms with Crippen molar-refractivity contribution in [1.82, 2.24) is 0 Å². The van der Waals surface area contributed by atoms with Crippen LogP contribution in [0.15, 0.2) is 0 Å². The zero-order valence-corrected chi connectivity index (χ0v) is 6.88. The molecule has 0 atom stereocenters. The second kappa shape index (κ2) is 3.37. The van der Waals surface area contributed by atoms with Crippen molar-refractivity contribution < 1.29 is 19.4 Å². The second-order valence-corrected chi connectivity index (χ2v) is 2.81. The molecule has 0 aromatic heterocycles. The summed E-state index contributed by atoms with van der Waals surface area (Å²) in [5.74, 6) is -2.75. The Hall–Kier alpha value is -1.06. The van der Waals surface area contributed by atoms with E-state index in [-0.39, 0.29) is 0 Å². The third-order valence-corrected chi connectivity index (χ3v) is 1.40. The summed E-state index contributed by atoms with van der Waals surface area (Å²) < 4.78 is 4.61. The fourth-order valence-corrected chi connectivity index (χ4v) is 0.367. The zero-order chi connectivity index (χ0) is 9.07. The fourth-order valence-electron chi connectivity index (χ4n) is 0.367. The van der Waals surface area contributed by atoms with E-state index in [0.29, 0.717) is 6.42 Å². The summed E-state index contributed by atoms with van der Waals surface area (Å²) in [5, 5.41) is 8.17. The van der Waals surface area contributed by atoms with Gasteiger partial charge in [-0.3, -0.25) is 0 Å². The summed E-state index contributed by atoms with van der Waals surface area (Å²) in [7, 11) is 0. The van der Waals surface area contributed by atoms with Crippen LogP contribution in [-0.4, -0.2) is 22.6 Å². The number of hydrogen-bond acceptors (Lipinski definition) is 3. The van der Waals surface area contributed by atoms with Crippen LogP contribution in [0.4, 0.5) is 0 Å². The molecular formula is C7H12O4. The van der Waals surface area contributed by atoms with Crippen LogP contribution in [0.2, 0.25) is 0 Å². The molecular weight excluding hydrogens is 148 g/mol. The van der Waals surface area contributed by atoms with Gasteiger partial charge in [0, 0.05) is 0 Å². The average molecular weight is 160 g/mol. The summed E-state index contributed by atoms with van der Waals surface area (Å²) >= 11 is 0. The molecule has 0 aliphatic rings. The number of carbonyl (C=O) groups excluding carboxylic acids is 1. The first-order valence-electron chi connectivity index (χ1n) is 3.35. The molecule has 0 rings (SSSR count). The van der Waals surface area contributed by atoms with Gasteiger partial charge in [-0.15, -0.1) is 0 Å². The highest BCUT2D eigenvalue weighted by molar-refractivity contribution is 6.28. The first kappa shape index (κ1) is 9.94. The molecule has 11 heavy (non-hydrogen) atoms. The van der Waals surface area contributed by atoms with E-state index in [1.165, 1.54) is 0 Å². The van der Waals surface area contributed by atoms with Gasteiger partial charge in [0.15, 0.2) is 0 Å². The van der Waals surface area contributed by atoms with E-state index < -0.39 is 17.5 Å². The summed E-state index contributed by atoms with van der Waals surface area (Å²) in [6.45, 7) is 5.14. The SMILES string of the molecule is CCC(C)(C)OC(=O)C(=O)O. The van der Waals surface area contributed by atoms with Gasteiger partial charge in [0.2, 0.25) is 0 Å². The van der Waals surface area contributed by atoms with Gasteiger partial charge in [-0.05, 0) is 20.3 Å². The predicted molar refractivity (Wildman–Crippen MR) is 38.1 cm³/mol. The monoisotopic (exact) mass is 160 g/mol. The standard InChI is InChI=1S/C7H12O4/c1-4-7(2,3)11-6(10)5(8)9/h4H2,1-3H3,(H,8,9). The number of ether oxygens (including phenoxy) is 1. The molecule has 1 N–H and O–H groups in total. The van der Waals surface area contributed by atoms with Gasteiger partial charge in [-0.2, -0.15) is 0 Å². The van der Waals surface area contributed by atoms with Crippen LogP contribution in [-0.2, 0) is 14.3 Å². The lowest BCUT2D eigenvalue weighted by molar-refractivity contribution is -0.172. The molecule has 4 heteroatoms. The zero-order valence-electron chi connectivity index (χ0n) is 6.88. The minimum absolute atomic E-state index is 0.589. The van der Waals surface area contributed by atoms with Gasteiger partial charge in [0.1, 0.15) is 5.60 Å². The maximum absolute atomic E-state index is 10.5. The quantitative estimate of drug-likeness (QED) is 0.479. The molecule has 0 aromatic rings. The van der Waals surface area contributed by atoms with Crippen LogP contribution < -0.4 is 0 Å². The first-order valence-corrected chi connectivity index (χ1v) is 3.35. The Morgan fingerprint density at radius 2 is 1.91 bits per heavy atom. The van der Waals surface area contributed by atoms with Crippen LogP contribution in [0, 0.1) is 0 Å². The van der Waals surface area contributed by atoms with Crippen LogP contribution in [0.1, 0.15) is 27.2 Å². The van der Waals surface area contributed by atoms with Crippen LogP contribution >= 0.6 is 0 Å². The van der Waals surface area contributed by atoms with E-state index >= 15 is 0 Å². The van der Waals surface area contributed by atoms with Crippen molar-refractivity contribution in [3.8, 4) is 0 Å². The van der Waals surface area contributed by atoms with E-state index in [0.717, 1.165) is 0 Å². The van der Waals surface area contributed by atoms with Crippen molar-refractivity contribution in [2.75, 3.05) is 0 Å². The number of aliphatic carboxylic acids is 1. The normalized spacial score (nSPS) is 10.8. The molecule has 0 heterocycles. The van der Waals surface area contributed by atoms with Crippen molar-refractivity contribution in [1.29, 1.82) is 0 Å². The van der Waals surface area contributed by atoms with Crippen LogP contribution in [0.25, 0.3) is 0 Å². The Morgan fingerprint density at radius 1 is 1.45 bits per heavy atom. The molecule has 0 radical (unpaired) electrons. The number of carboxylic acid groups (broad SMARTS) is 1. The predicted octanol–water partition coefficient (Wildman–Crippen LogP) is 0.803. The molecule has 0 fully saturated rings. The molecule has 0 amide bonds. The molecule has 4 nitrogen and oxygen atoms in total. The highest BCUT2D eigenvalue weighted by atomic mass is 16.6. The Morgan fingerprint density at radius 3 is 2.18 bits per heavy atom. The maximum Gasteiger partial charge on any atom is 0.417 e. The maximum atomic E-state index is 10.5. The van der Waals surface area contributed by atoms with Crippen molar-refractivity contribution in [2.45, 2.75) is 32.8 Å². The van der Waals surface area contributed by atoms with Gasteiger partial charge in [0.25, 0.3) is 0 Å².